The lowest BCUT2D eigenvalue weighted by Crippen LogP contribution is -2.41. The predicted octanol–water partition coefficient (Wildman–Crippen LogP) is 5.43. The molecule has 0 aromatic heterocycles. The van der Waals surface area contributed by atoms with Crippen LogP contribution in [0.2, 0.25) is 0 Å². The van der Waals surface area contributed by atoms with Crippen molar-refractivity contribution in [2.24, 2.45) is 23.7 Å². The van der Waals surface area contributed by atoms with Gasteiger partial charge in [0.05, 0.1) is 12.7 Å². The summed E-state index contributed by atoms with van der Waals surface area (Å²) in [5.41, 5.74) is 3.20. The predicted molar refractivity (Wildman–Crippen MR) is 131 cm³/mol. The van der Waals surface area contributed by atoms with Gasteiger partial charge in [-0.05, 0) is 98.4 Å². The van der Waals surface area contributed by atoms with E-state index in [-0.39, 0.29) is 12.0 Å². The molecular weight excluding hydrogens is 408 g/mol. The number of ether oxygens (including phenoxy) is 1. The molecule has 0 spiro atoms. The Balaban J connectivity index is 1.03. The van der Waals surface area contributed by atoms with Gasteiger partial charge >= 0.3 is 0 Å². The molecule has 1 amide bonds. The first kappa shape index (κ1) is 21.2. The first-order valence-corrected chi connectivity index (χ1v) is 13.0. The summed E-state index contributed by atoms with van der Waals surface area (Å²) in [6, 6.07) is 19.0. The van der Waals surface area contributed by atoms with Crippen molar-refractivity contribution in [3.05, 3.63) is 65.7 Å². The van der Waals surface area contributed by atoms with Crippen LogP contribution >= 0.6 is 0 Å². The van der Waals surface area contributed by atoms with Crippen LogP contribution in [0.4, 0.5) is 5.69 Å². The zero-order valence-corrected chi connectivity index (χ0v) is 19.5. The minimum atomic E-state index is 0.110. The number of fused-ring (bicyclic) bond motifs is 2. The lowest BCUT2D eigenvalue weighted by Gasteiger charge is -2.27. The van der Waals surface area contributed by atoms with Crippen LogP contribution in [0.3, 0.4) is 0 Å². The Morgan fingerprint density at radius 3 is 2.58 bits per heavy atom. The van der Waals surface area contributed by atoms with Crippen molar-refractivity contribution in [3.8, 4) is 0 Å². The molecule has 4 aliphatic rings. The molecule has 1 saturated heterocycles. The quantitative estimate of drug-likeness (QED) is 0.646. The number of rotatable bonds is 6. The van der Waals surface area contributed by atoms with E-state index in [0.29, 0.717) is 18.6 Å². The van der Waals surface area contributed by atoms with Gasteiger partial charge in [-0.2, -0.15) is 0 Å². The highest BCUT2D eigenvalue weighted by Gasteiger charge is 2.46. The van der Waals surface area contributed by atoms with Gasteiger partial charge in [-0.1, -0.05) is 30.3 Å². The second kappa shape index (κ2) is 9.13. The summed E-state index contributed by atoms with van der Waals surface area (Å²) in [5.74, 6) is 3.53. The van der Waals surface area contributed by atoms with Gasteiger partial charge in [0, 0.05) is 30.4 Å². The van der Waals surface area contributed by atoms with Crippen LogP contribution in [0, 0.1) is 23.7 Å². The number of carbonyl (C=O) groups is 1. The minimum Gasteiger partial charge on any atom is -0.372 e. The highest BCUT2D eigenvalue weighted by Crippen LogP contribution is 2.53. The Kier molecular flexibility index (Phi) is 5.87. The second-order valence-corrected chi connectivity index (χ2v) is 11.0. The molecule has 6 unspecified atom stereocenters. The summed E-state index contributed by atoms with van der Waals surface area (Å²) >= 11 is 0. The minimum absolute atomic E-state index is 0.110. The summed E-state index contributed by atoms with van der Waals surface area (Å²) in [4.78, 5) is 15.4. The van der Waals surface area contributed by atoms with Crippen molar-refractivity contribution in [3.63, 3.8) is 0 Å². The van der Waals surface area contributed by atoms with E-state index in [9.17, 15) is 4.79 Å². The SMILES string of the molecule is O=C(NC1CCC2CC3CC(C2)C1C3)c1ccc(N2CCC(OCc3ccccc3)C2)cc1. The van der Waals surface area contributed by atoms with E-state index in [1.165, 1.54) is 49.8 Å². The van der Waals surface area contributed by atoms with Gasteiger partial charge in [-0.3, -0.25) is 4.79 Å². The lowest BCUT2D eigenvalue weighted by atomic mass is 9.80. The van der Waals surface area contributed by atoms with Crippen LogP contribution in [0.1, 0.15) is 60.9 Å². The number of hydrogen-bond acceptors (Lipinski definition) is 3. The highest BCUT2D eigenvalue weighted by molar-refractivity contribution is 5.94. The molecule has 2 aromatic carbocycles. The fourth-order valence-corrected chi connectivity index (χ4v) is 7.24. The first-order chi connectivity index (χ1) is 16.2. The zero-order valence-electron chi connectivity index (χ0n) is 19.5. The van der Waals surface area contributed by atoms with Gasteiger partial charge in [0.15, 0.2) is 0 Å². The molecular formula is C29H36N2O2. The van der Waals surface area contributed by atoms with Crippen molar-refractivity contribution in [1.29, 1.82) is 0 Å². The monoisotopic (exact) mass is 444 g/mol. The first-order valence-electron chi connectivity index (χ1n) is 13.0. The van der Waals surface area contributed by atoms with Crippen LogP contribution in [0.5, 0.6) is 0 Å². The fraction of sp³-hybridized carbons (Fsp3) is 0.552. The van der Waals surface area contributed by atoms with Crippen molar-refractivity contribution < 1.29 is 9.53 Å². The molecule has 33 heavy (non-hydrogen) atoms. The van der Waals surface area contributed by atoms with Gasteiger partial charge in [0.2, 0.25) is 0 Å². The van der Waals surface area contributed by atoms with E-state index in [0.717, 1.165) is 42.8 Å². The molecule has 4 heteroatoms. The average Bonchev–Trinajstić information content (AvgIpc) is 3.42. The molecule has 2 aromatic rings. The van der Waals surface area contributed by atoms with Crippen molar-refractivity contribution >= 4 is 11.6 Å². The molecule has 3 bridgehead atoms. The molecule has 4 fully saturated rings. The van der Waals surface area contributed by atoms with Crippen LogP contribution in [-0.4, -0.2) is 31.1 Å². The van der Waals surface area contributed by atoms with E-state index in [1.807, 2.05) is 18.2 Å². The molecule has 3 saturated carbocycles. The number of nitrogens with one attached hydrogen (secondary N) is 1. The van der Waals surface area contributed by atoms with Gasteiger partial charge in [-0.25, -0.2) is 0 Å². The summed E-state index contributed by atoms with van der Waals surface area (Å²) in [7, 11) is 0. The van der Waals surface area contributed by atoms with Crippen LogP contribution in [-0.2, 0) is 11.3 Å². The Morgan fingerprint density at radius 2 is 1.73 bits per heavy atom. The van der Waals surface area contributed by atoms with Crippen molar-refractivity contribution in [1.82, 2.24) is 5.32 Å². The second-order valence-electron chi connectivity index (χ2n) is 11.0. The molecule has 0 radical (unpaired) electrons. The van der Waals surface area contributed by atoms with Crippen LogP contribution in [0.15, 0.2) is 54.6 Å². The normalized spacial score (nSPS) is 32.7. The maximum absolute atomic E-state index is 13.1. The molecule has 1 N–H and O–H groups in total. The Morgan fingerprint density at radius 1 is 0.909 bits per heavy atom. The smallest absolute Gasteiger partial charge is 0.251 e. The summed E-state index contributed by atoms with van der Waals surface area (Å²) in [5, 5.41) is 3.44. The Hall–Kier alpha value is -2.33. The van der Waals surface area contributed by atoms with E-state index >= 15 is 0 Å². The third-order valence-corrected chi connectivity index (χ3v) is 8.84. The summed E-state index contributed by atoms with van der Waals surface area (Å²) in [6.07, 6.45) is 9.38. The van der Waals surface area contributed by atoms with E-state index in [1.54, 1.807) is 0 Å². The van der Waals surface area contributed by atoms with Crippen LogP contribution in [0.25, 0.3) is 0 Å². The standard InChI is InChI=1S/C29H36N2O2/c32-29(30-28-11-6-21-14-22-16-24(15-21)27(28)17-22)23-7-9-25(10-8-23)31-13-12-26(18-31)33-19-20-4-2-1-3-5-20/h1-5,7-10,21-22,24,26-28H,6,11-19H2,(H,30,32). The highest BCUT2D eigenvalue weighted by atomic mass is 16.5. The number of anilines is 1. The van der Waals surface area contributed by atoms with E-state index < -0.39 is 0 Å². The Bertz CT molecular complexity index is 959. The third-order valence-electron chi connectivity index (χ3n) is 8.84. The van der Waals surface area contributed by atoms with Gasteiger partial charge in [-0.15, -0.1) is 0 Å². The summed E-state index contributed by atoms with van der Waals surface area (Å²) < 4.78 is 6.14. The lowest BCUT2D eigenvalue weighted by molar-refractivity contribution is 0.0553. The molecule has 3 aliphatic carbocycles. The number of nitrogens with zero attached hydrogens (tertiary/aromatic N) is 1. The van der Waals surface area contributed by atoms with E-state index in [4.69, 9.17) is 4.74 Å². The van der Waals surface area contributed by atoms with E-state index in [2.05, 4.69) is 46.6 Å². The van der Waals surface area contributed by atoms with Crippen molar-refractivity contribution in [2.45, 2.75) is 63.7 Å². The Labute approximate surface area is 197 Å². The molecule has 4 nitrogen and oxygen atoms in total. The van der Waals surface area contributed by atoms with Gasteiger partial charge in [0.1, 0.15) is 0 Å². The van der Waals surface area contributed by atoms with Crippen molar-refractivity contribution in [2.75, 3.05) is 18.0 Å². The topological polar surface area (TPSA) is 41.6 Å². The largest absolute Gasteiger partial charge is 0.372 e. The number of amides is 1. The number of hydrogen-bond donors (Lipinski definition) is 1. The number of benzene rings is 2. The van der Waals surface area contributed by atoms with Gasteiger partial charge in [0.25, 0.3) is 5.91 Å². The maximum Gasteiger partial charge on any atom is 0.251 e. The summed E-state index contributed by atoms with van der Waals surface area (Å²) in [6.45, 7) is 2.58. The zero-order chi connectivity index (χ0) is 22.2. The average molecular weight is 445 g/mol. The van der Waals surface area contributed by atoms with Gasteiger partial charge < -0.3 is 15.0 Å². The molecule has 6 rings (SSSR count). The molecule has 174 valence electrons. The maximum atomic E-state index is 13.1. The molecule has 1 heterocycles. The molecule has 1 aliphatic heterocycles. The fourth-order valence-electron chi connectivity index (χ4n) is 7.24. The third kappa shape index (κ3) is 4.55. The van der Waals surface area contributed by atoms with Crippen LogP contribution < -0.4 is 10.2 Å². The molecule has 6 atom stereocenters. The number of carbonyl (C=O) groups excluding carboxylic acids is 1.